The highest BCUT2D eigenvalue weighted by Crippen LogP contribution is 2.33. The van der Waals surface area contributed by atoms with Crippen LogP contribution in [0.25, 0.3) is 26.7 Å². The lowest BCUT2D eigenvalue weighted by molar-refractivity contribution is -0.412. The second-order valence-corrected chi connectivity index (χ2v) is 9.56. The lowest BCUT2D eigenvalue weighted by Crippen LogP contribution is -2.63. The van der Waals surface area contributed by atoms with Crippen molar-refractivity contribution in [1.29, 1.82) is 0 Å². The van der Waals surface area contributed by atoms with E-state index in [1.165, 1.54) is 12.5 Å². The zero-order chi connectivity index (χ0) is 24.4. The number of nitrogens with two attached hydrogens (primary N) is 1. The van der Waals surface area contributed by atoms with Gasteiger partial charge in [-0.05, 0) is 43.8 Å². The molecule has 0 radical (unpaired) electrons. The fourth-order valence-corrected chi connectivity index (χ4v) is 5.14. The number of fused-ring (bicyclic) bond motifs is 2. The van der Waals surface area contributed by atoms with Crippen LogP contribution in [-0.4, -0.2) is 65.5 Å². The van der Waals surface area contributed by atoms with Crippen molar-refractivity contribution in [3.8, 4) is 0 Å². The number of rotatable bonds is 6. The zero-order valence-corrected chi connectivity index (χ0v) is 20.4. The Labute approximate surface area is 206 Å². The van der Waals surface area contributed by atoms with Gasteiger partial charge in [0.25, 0.3) is 0 Å². The molecule has 0 saturated carbocycles. The molecular formula is C25H28FN8S+. The smallest absolute Gasteiger partial charge is 0.170 e. The maximum Gasteiger partial charge on any atom is 0.170 e. The van der Waals surface area contributed by atoms with E-state index in [1.54, 1.807) is 11.3 Å². The monoisotopic (exact) mass is 491 g/mol. The highest BCUT2D eigenvalue weighted by Gasteiger charge is 2.28. The summed E-state index contributed by atoms with van der Waals surface area (Å²) in [6, 6.07) is 9.66. The van der Waals surface area contributed by atoms with Crippen molar-refractivity contribution < 1.29 is 9.38 Å². The molecule has 35 heavy (non-hydrogen) atoms. The molecule has 1 aliphatic rings. The standard InChI is InChI=1S/C25H27FN8S/c1-28-11-15(10-27)17-8-22-18(9-23(17)33-20-5-6-34(2)12-19(20)26)25(30-13-29-22)32-16-3-4-21-24(7-16)35-14-31-21/h3-4,7-11,13-14,19-20,33H,5-6,12,27H2,1-2H3,(H,29,30,32)/p+1/b15-10+,28-11?/t19-,20-/m0/s1. The molecule has 0 amide bonds. The van der Waals surface area contributed by atoms with Crippen LogP contribution in [0.1, 0.15) is 12.0 Å². The van der Waals surface area contributed by atoms with Gasteiger partial charge in [-0.15, -0.1) is 11.3 Å². The minimum absolute atomic E-state index is 0.300. The van der Waals surface area contributed by atoms with Gasteiger partial charge in [0, 0.05) is 41.6 Å². The van der Waals surface area contributed by atoms with E-state index >= 15 is 0 Å². The van der Waals surface area contributed by atoms with Crippen molar-refractivity contribution in [2.24, 2.45) is 5.73 Å². The average molecular weight is 492 g/mol. The molecule has 4 aromatic rings. The lowest BCUT2D eigenvalue weighted by Gasteiger charge is -2.33. The molecular weight excluding hydrogens is 463 g/mol. The van der Waals surface area contributed by atoms with Crippen LogP contribution in [0.3, 0.4) is 0 Å². The molecule has 2 aromatic carbocycles. The van der Waals surface area contributed by atoms with Crippen LogP contribution < -0.4 is 21.4 Å². The number of thiazole rings is 1. The van der Waals surface area contributed by atoms with E-state index in [9.17, 15) is 4.39 Å². The Balaban J connectivity index is 1.57. The van der Waals surface area contributed by atoms with Crippen molar-refractivity contribution in [2.75, 3.05) is 37.8 Å². The number of benzene rings is 2. The van der Waals surface area contributed by atoms with Crippen molar-refractivity contribution in [2.45, 2.75) is 18.6 Å². The molecule has 1 saturated heterocycles. The van der Waals surface area contributed by atoms with Crippen LogP contribution in [-0.2, 0) is 0 Å². The van der Waals surface area contributed by atoms with Gasteiger partial charge in [-0.25, -0.2) is 19.3 Å². The van der Waals surface area contributed by atoms with Gasteiger partial charge in [-0.1, -0.05) is 0 Å². The van der Waals surface area contributed by atoms with E-state index in [4.69, 9.17) is 5.73 Å². The second kappa shape index (κ2) is 9.93. The molecule has 0 spiro atoms. The Bertz CT molecular complexity index is 1420. The summed E-state index contributed by atoms with van der Waals surface area (Å²) in [6.07, 6.45) is 4.62. The molecule has 1 aliphatic heterocycles. The number of hydrogen-bond donors (Lipinski definition) is 4. The summed E-state index contributed by atoms with van der Waals surface area (Å²) in [6.45, 7) is 1.23. The minimum atomic E-state index is -0.980. The molecule has 5 N–H and O–H groups in total. The first-order chi connectivity index (χ1) is 17.1. The largest absolute Gasteiger partial charge is 0.404 e. The SMILES string of the molecule is C[NH+]=C/C(=C\N)c1cc2ncnc(Nc3ccc4ncsc4c3)c2cc1N[C@H]1CCN(C)C[C@@H]1F. The minimum Gasteiger partial charge on any atom is -0.404 e. The van der Waals surface area contributed by atoms with Gasteiger partial charge in [0.05, 0.1) is 32.9 Å². The zero-order valence-electron chi connectivity index (χ0n) is 19.6. The van der Waals surface area contributed by atoms with Gasteiger partial charge in [0.1, 0.15) is 25.4 Å². The molecule has 180 valence electrons. The Morgan fingerprint density at radius 2 is 2.11 bits per heavy atom. The Kier molecular flexibility index (Phi) is 6.56. The highest BCUT2D eigenvalue weighted by atomic mass is 32.1. The van der Waals surface area contributed by atoms with Crippen molar-refractivity contribution >= 4 is 61.4 Å². The maximum atomic E-state index is 14.9. The van der Waals surface area contributed by atoms with Crippen LogP contribution in [0, 0.1) is 0 Å². The molecule has 8 nitrogen and oxygen atoms in total. The number of hydrogen-bond acceptors (Lipinski definition) is 8. The Morgan fingerprint density at radius 1 is 1.23 bits per heavy atom. The summed E-state index contributed by atoms with van der Waals surface area (Å²) < 4.78 is 16.0. The second-order valence-electron chi connectivity index (χ2n) is 8.67. The fourth-order valence-electron chi connectivity index (χ4n) is 4.42. The molecule has 2 atom stereocenters. The van der Waals surface area contributed by atoms with Gasteiger partial charge in [-0.2, -0.15) is 0 Å². The fraction of sp³-hybridized carbons (Fsp3) is 0.280. The predicted molar refractivity (Wildman–Crippen MR) is 142 cm³/mol. The number of allylic oxidation sites excluding steroid dienone is 1. The molecule has 10 heteroatoms. The summed E-state index contributed by atoms with van der Waals surface area (Å²) in [5, 5.41) is 7.71. The quantitative estimate of drug-likeness (QED) is 0.307. The van der Waals surface area contributed by atoms with E-state index in [1.807, 2.05) is 55.0 Å². The van der Waals surface area contributed by atoms with Gasteiger partial charge < -0.3 is 21.3 Å². The predicted octanol–water partition coefficient (Wildman–Crippen LogP) is 2.52. The Hall–Kier alpha value is -3.63. The van der Waals surface area contributed by atoms with Gasteiger partial charge in [-0.3, -0.25) is 4.99 Å². The van der Waals surface area contributed by atoms with Crippen molar-refractivity contribution in [1.82, 2.24) is 19.9 Å². The first-order valence-electron chi connectivity index (χ1n) is 11.5. The van der Waals surface area contributed by atoms with Gasteiger partial charge in [0.15, 0.2) is 6.21 Å². The summed E-state index contributed by atoms with van der Waals surface area (Å²) in [5.41, 5.74) is 12.8. The molecule has 0 bridgehead atoms. The van der Waals surface area contributed by atoms with E-state index in [-0.39, 0.29) is 6.04 Å². The third kappa shape index (κ3) is 4.80. The maximum absolute atomic E-state index is 14.9. The summed E-state index contributed by atoms with van der Waals surface area (Å²) in [7, 11) is 3.76. The number of piperidine rings is 1. The Morgan fingerprint density at radius 3 is 2.91 bits per heavy atom. The molecule has 0 unspecified atom stereocenters. The number of likely N-dealkylation sites (tertiary alicyclic amines) is 1. The normalized spacial score (nSPS) is 19.6. The van der Waals surface area contributed by atoms with Crippen molar-refractivity contribution in [3.63, 3.8) is 0 Å². The number of nitrogens with one attached hydrogen (secondary N) is 3. The number of anilines is 3. The van der Waals surface area contributed by atoms with E-state index in [2.05, 4.69) is 36.6 Å². The van der Waals surface area contributed by atoms with Crippen LogP contribution >= 0.6 is 11.3 Å². The topological polar surface area (TPSA) is 106 Å². The lowest BCUT2D eigenvalue weighted by atomic mass is 9.99. The average Bonchev–Trinajstić information content (AvgIpc) is 3.32. The third-order valence-corrected chi connectivity index (χ3v) is 7.04. The number of halogens is 1. The molecule has 3 heterocycles. The van der Waals surface area contributed by atoms with Gasteiger partial charge >= 0.3 is 0 Å². The molecule has 5 rings (SSSR count). The molecule has 1 fully saturated rings. The summed E-state index contributed by atoms with van der Waals surface area (Å²) in [4.78, 5) is 18.4. The number of nitrogens with zero attached hydrogens (tertiary/aromatic N) is 4. The highest BCUT2D eigenvalue weighted by molar-refractivity contribution is 7.16. The first kappa shape index (κ1) is 23.1. The number of alkyl halides is 1. The number of aromatic nitrogens is 3. The van der Waals surface area contributed by atoms with Crippen LogP contribution in [0.15, 0.2) is 48.4 Å². The van der Waals surface area contributed by atoms with E-state index in [0.717, 1.165) is 50.2 Å². The summed E-state index contributed by atoms with van der Waals surface area (Å²) in [5.74, 6) is 0.671. The molecule has 0 aliphatic carbocycles. The van der Waals surface area contributed by atoms with Crippen LogP contribution in [0.5, 0.6) is 0 Å². The van der Waals surface area contributed by atoms with Crippen LogP contribution in [0.2, 0.25) is 0 Å². The third-order valence-electron chi connectivity index (χ3n) is 6.24. The van der Waals surface area contributed by atoms with Crippen LogP contribution in [0.4, 0.5) is 21.6 Å². The van der Waals surface area contributed by atoms with Gasteiger partial charge in [0.2, 0.25) is 0 Å². The first-order valence-corrected chi connectivity index (χ1v) is 12.3. The van der Waals surface area contributed by atoms with E-state index < -0.39 is 6.17 Å². The molecule has 2 aromatic heterocycles. The van der Waals surface area contributed by atoms with E-state index in [0.29, 0.717) is 18.8 Å². The van der Waals surface area contributed by atoms with Crippen molar-refractivity contribution in [3.05, 3.63) is 53.9 Å². The summed E-state index contributed by atoms with van der Waals surface area (Å²) >= 11 is 1.59.